The van der Waals surface area contributed by atoms with Crippen molar-refractivity contribution in [2.75, 3.05) is 12.9 Å². The summed E-state index contributed by atoms with van der Waals surface area (Å²) in [5.74, 6) is 1.12. The molecule has 1 aromatic heterocycles. The summed E-state index contributed by atoms with van der Waals surface area (Å²) in [4.78, 5) is 12.0. The Bertz CT molecular complexity index is 555. The number of hydrogen-bond donors (Lipinski definition) is 0. The number of ether oxygens (including phenoxy) is 1. The number of hydrogen-bond acceptors (Lipinski definition) is 6. The first-order valence-corrected chi connectivity index (χ1v) is 7.09. The Balaban J connectivity index is 1.99. The molecular formula is C12H12N2O2S2. The molecule has 0 saturated carbocycles. The van der Waals surface area contributed by atoms with Gasteiger partial charge in [-0.05, 0) is 19.1 Å². The van der Waals surface area contributed by atoms with E-state index >= 15 is 0 Å². The Morgan fingerprint density at radius 2 is 2.28 bits per heavy atom. The van der Waals surface area contributed by atoms with Crippen molar-refractivity contribution in [1.29, 1.82) is 0 Å². The van der Waals surface area contributed by atoms with Gasteiger partial charge in [-0.3, -0.25) is 4.79 Å². The Hall–Kier alpha value is -1.40. The van der Waals surface area contributed by atoms with Crippen LogP contribution in [0.5, 0.6) is 5.75 Å². The maximum atomic E-state index is 12.0. The molecule has 2 aromatic rings. The lowest BCUT2D eigenvalue weighted by molar-refractivity contribution is 0.102. The number of rotatable bonds is 5. The number of benzene rings is 1. The maximum absolute atomic E-state index is 12.0. The van der Waals surface area contributed by atoms with Crippen molar-refractivity contribution < 1.29 is 9.53 Å². The van der Waals surface area contributed by atoms with Crippen LogP contribution in [0.4, 0.5) is 0 Å². The molecule has 0 aliphatic rings. The van der Waals surface area contributed by atoms with Gasteiger partial charge >= 0.3 is 0 Å². The van der Waals surface area contributed by atoms with E-state index < -0.39 is 0 Å². The first-order chi connectivity index (χ1) is 8.69. The molecule has 0 aliphatic carbocycles. The van der Waals surface area contributed by atoms with Crippen molar-refractivity contribution in [3.05, 3.63) is 34.8 Å². The van der Waals surface area contributed by atoms with Gasteiger partial charge in [0.2, 0.25) is 0 Å². The SMILES string of the molecule is COc1cccc(C(=O)CSc2nnc(C)s2)c1. The van der Waals surface area contributed by atoms with Crippen LogP contribution in [0, 0.1) is 6.92 Å². The highest BCUT2D eigenvalue weighted by Gasteiger charge is 2.09. The molecule has 0 atom stereocenters. The molecule has 6 heteroatoms. The van der Waals surface area contributed by atoms with Crippen molar-refractivity contribution in [2.45, 2.75) is 11.3 Å². The van der Waals surface area contributed by atoms with Gasteiger partial charge in [-0.15, -0.1) is 10.2 Å². The minimum Gasteiger partial charge on any atom is -0.497 e. The van der Waals surface area contributed by atoms with E-state index in [2.05, 4.69) is 10.2 Å². The number of Topliss-reactive ketones (excluding diaryl/α,β-unsaturated/α-hetero) is 1. The van der Waals surface area contributed by atoms with E-state index in [-0.39, 0.29) is 5.78 Å². The first kappa shape index (κ1) is 13.0. The average Bonchev–Trinajstić information content (AvgIpc) is 2.82. The normalized spacial score (nSPS) is 10.3. The smallest absolute Gasteiger partial charge is 0.174 e. The number of thioether (sulfide) groups is 1. The van der Waals surface area contributed by atoms with Crippen molar-refractivity contribution in [1.82, 2.24) is 10.2 Å². The second-order valence-electron chi connectivity index (χ2n) is 3.53. The highest BCUT2D eigenvalue weighted by Crippen LogP contribution is 2.23. The van der Waals surface area contributed by atoms with Crippen molar-refractivity contribution in [3.63, 3.8) is 0 Å². The van der Waals surface area contributed by atoms with Crippen LogP contribution in [0.2, 0.25) is 0 Å². The van der Waals surface area contributed by atoms with E-state index in [1.807, 2.05) is 19.1 Å². The molecule has 1 heterocycles. The number of carbonyl (C=O) groups is 1. The van der Waals surface area contributed by atoms with Crippen molar-refractivity contribution in [3.8, 4) is 5.75 Å². The molecule has 0 unspecified atom stereocenters. The quantitative estimate of drug-likeness (QED) is 0.622. The largest absolute Gasteiger partial charge is 0.497 e. The van der Waals surface area contributed by atoms with E-state index in [4.69, 9.17) is 4.74 Å². The number of methoxy groups -OCH3 is 1. The average molecular weight is 280 g/mol. The molecule has 0 radical (unpaired) electrons. The third kappa shape index (κ3) is 3.30. The van der Waals surface area contributed by atoms with Crippen LogP contribution < -0.4 is 4.74 Å². The maximum Gasteiger partial charge on any atom is 0.174 e. The Kier molecular flexibility index (Phi) is 4.33. The van der Waals surface area contributed by atoms with Crippen molar-refractivity contribution >= 4 is 28.9 Å². The van der Waals surface area contributed by atoms with E-state index in [9.17, 15) is 4.79 Å². The molecule has 0 fully saturated rings. The minimum atomic E-state index is 0.0618. The number of aromatic nitrogens is 2. The molecule has 18 heavy (non-hydrogen) atoms. The third-order valence-electron chi connectivity index (χ3n) is 2.23. The van der Waals surface area contributed by atoms with Crippen LogP contribution in [0.1, 0.15) is 15.4 Å². The molecule has 4 nitrogen and oxygen atoms in total. The predicted octanol–water partition coefficient (Wildman–Crippen LogP) is 2.83. The van der Waals surface area contributed by atoms with Gasteiger partial charge in [-0.2, -0.15) is 0 Å². The summed E-state index contributed by atoms with van der Waals surface area (Å²) in [5.41, 5.74) is 0.656. The molecule has 0 aliphatic heterocycles. The zero-order chi connectivity index (χ0) is 13.0. The highest BCUT2D eigenvalue weighted by atomic mass is 32.2. The minimum absolute atomic E-state index is 0.0618. The van der Waals surface area contributed by atoms with Gasteiger partial charge in [0.15, 0.2) is 10.1 Å². The fraction of sp³-hybridized carbons (Fsp3) is 0.250. The fourth-order valence-electron chi connectivity index (χ4n) is 1.34. The van der Waals surface area contributed by atoms with Crippen LogP contribution in [0.3, 0.4) is 0 Å². The topological polar surface area (TPSA) is 52.1 Å². The lowest BCUT2D eigenvalue weighted by atomic mass is 10.1. The molecule has 94 valence electrons. The molecule has 0 bridgehead atoms. The molecule has 0 N–H and O–H groups in total. The Morgan fingerprint density at radius 1 is 1.44 bits per heavy atom. The summed E-state index contributed by atoms with van der Waals surface area (Å²) < 4.78 is 5.91. The van der Waals surface area contributed by atoms with Crippen LogP contribution in [0.25, 0.3) is 0 Å². The van der Waals surface area contributed by atoms with Crippen LogP contribution in [0.15, 0.2) is 28.6 Å². The predicted molar refractivity (Wildman–Crippen MR) is 72.7 cm³/mol. The number of ketones is 1. The first-order valence-electron chi connectivity index (χ1n) is 5.29. The second-order valence-corrected chi connectivity index (χ2v) is 5.93. The molecule has 0 spiro atoms. The van der Waals surface area contributed by atoms with Gasteiger partial charge in [0, 0.05) is 5.56 Å². The number of nitrogens with zero attached hydrogens (tertiary/aromatic N) is 2. The Morgan fingerprint density at radius 3 is 2.94 bits per heavy atom. The standard InChI is InChI=1S/C12H12N2O2S2/c1-8-13-14-12(18-8)17-7-11(15)9-4-3-5-10(6-9)16-2/h3-6H,7H2,1-2H3. The number of aryl methyl sites for hydroxylation is 1. The summed E-state index contributed by atoms with van der Waals surface area (Å²) in [5, 5.41) is 8.79. The number of carbonyl (C=O) groups excluding carboxylic acids is 1. The molecule has 0 saturated heterocycles. The lowest BCUT2D eigenvalue weighted by Crippen LogP contribution is -2.02. The van der Waals surface area contributed by atoms with E-state index in [0.717, 1.165) is 9.35 Å². The second kappa shape index (κ2) is 5.97. The van der Waals surface area contributed by atoms with Gasteiger partial charge in [0.1, 0.15) is 10.8 Å². The summed E-state index contributed by atoms with van der Waals surface area (Å²) in [7, 11) is 1.59. The summed E-state index contributed by atoms with van der Waals surface area (Å²) in [6.45, 7) is 1.89. The van der Waals surface area contributed by atoms with E-state index in [1.54, 1.807) is 19.2 Å². The van der Waals surface area contributed by atoms with Crippen LogP contribution in [-0.2, 0) is 0 Å². The summed E-state index contributed by atoms with van der Waals surface area (Å²) in [6, 6.07) is 7.16. The monoisotopic (exact) mass is 280 g/mol. The van der Waals surface area contributed by atoms with Gasteiger partial charge in [-0.25, -0.2) is 0 Å². The van der Waals surface area contributed by atoms with Crippen LogP contribution in [-0.4, -0.2) is 28.8 Å². The Labute approximate surface area is 113 Å². The zero-order valence-corrected chi connectivity index (χ0v) is 11.7. The van der Waals surface area contributed by atoms with Gasteiger partial charge in [0.05, 0.1) is 12.9 Å². The van der Waals surface area contributed by atoms with Gasteiger partial charge in [-0.1, -0.05) is 35.2 Å². The summed E-state index contributed by atoms with van der Waals surface area (Å²) in [6.07, 6.45) is 0. The lowest BCUT2D eigenvalue weighted by Gasteiger charge is -2.02. The zero-order valence-electron chi connectivity index (χ0n) is 10.0. The molecule has 2 rings (SSSR count). The van der Waals surface area contributed by atoms with Gasteiger partial charge in [0.25, 0.3) is 0 Å². The van der Waals surface area contributed by atoms with E-state index in [1.165, 1.54) is 23.1 Å². The molecule has 1 aromatic carbocycles. The van der Waals surface area contributed by atoms with Crippen molar-refractivity contribution in [2.24, 2.45) is 0 Å². The fourth-order valence-corrected chi connectivity index (χ4v) is 3.05. The summed E-state index contributed by atoms with van der Waals surface area (Å²) >= 11 is 2.91. The van der Waals surface area contributed by atoms with Crippen LogP contribution >= 0.6 is 23.1 Å². The molecule has 0 amide bonds. The molecular weight excluding hydrogens is 268 g/mol. The third-order valence-corrected chi connectivity index (χ3v) is 4.20. The van der Waals surface area contributed by atoms with E-state index in [0.29, 0.717) is 17.1 Å². The highest BCUT2D eigenvalue weighted by molar-refractivity contribution is 8.01. The van der Waals surface area contributed by atoms with Gasteiger partial charge < -0.3 is 4.74 Å².